The first-order chi connectivity index (χ1) is 11.1. The quantitative estimate of drug-likeness (QED) is 0.744. The molecular weight excluding hydrogens is 296 g/mol. The molecular formula is C18H18O5. The van der Waals surface area contributed by atoms with Crippen molar-refractivity contribution in [1.82, 2.24) is 0 Å². The van der Waals surface area contributed by atoms with Gasteiger partial charge in [-0.1, -0.05) is 12.1 Å². The van der Waals surface area contributed by atoms with Crippen LogP contribution < -0.4 is 18.9 Å². The number of methoxy groups -OCH3 is 4. The van der Waals surface area contributed by atoms with Crippen molar-refractivity contribution in [3.05, 3.63) is 30.3 Å². The molecule has 0 unspecified atom stereocenters. The summed E-state index contributed by atoms with van der Waals surface area (Å²) in [6.07, 6.45) is 0. The van der Waals surface area contributed by atoms with Crippen LogP contribution in [-0.2, 0) is 0 Å². The van der Waals surface area contributed by atoms with E-state index < -0.39 is 0 Å². The Hall–Kier alpha value is -2.82. The number of aromatic hydroxyl groups is 1. The zero-order valence-electron chi connectivity index (χ0n) is 13.5. The summed E-state index contributed by atoms with van der Waals surface area (Å²) in [4.78, 5) is 0. The van der Waals surface area contributed by atoms with Crippen molar-refractivity contribution in [2.45, 2.75) is 0 Å². The van der Waals surface area contributed by atoms with E-state index >= 15 is 0 Å². The lowest BCUT2D eigenvalue weighted by Gasteiger charge is -2.15. The van der Waals surface area contributed by atoms with Crippen LogP contribution in [0.15, 0.2) is 30.3 Å². The Kier molecular flexibility index (Phi) is 3.78. The Bertz CT molecular complexity index is 886. The molecule has 0 heterocycles. The first-order valence-corrected chi connectivity index (χ1v) is 7.07. The van der Waals surface area contributed by atoms with Crippen LogP contribution in [0.2, 0.25) is 0 Å². The molecule has 0 amide bonds. The molecule has 0 aromatic heterocycles. The van der Waals surface area contributed by atoms with E-state index in [0.29, 0.717) is 23.0 Å². The number of phenols is 1. The number of rotatable bonds is 4. The largest absolute Gasteiger partial charge is 0.502 e. The smallest absolute Gasteiger partial charge is 0.201 e. The second-order valence-electron chi connectivity index (χ2n) is 5.05. The zero-order valence-corrected chi connectivity index (χ0v) is 13.5. The zero-order chi connectivity index (χ0) is 16.6. The summed E-state index contributed by atoms with van der Waals surface area (Å²) in [7, 11) is 6.22. The minimum atomic E-state index is -0.0233. The average molecular weight is 314 g/mol. The minimum Gasteiger partial charge on any atom is -0.502 e. The average Bonchev–Trinajstić information content (AvgIpc) is 2.59. The van der Waals surface area contributed by atoms with Crippen molar-refractivity contribution in [3.63, 3.8) is 0 Å². The van der Waals surface area contributed by atoms with Crippen LogP contribution in [-0.4, -0.2) is 33.5 Å². The normalized spacial score (nSPS) is 10.8. The molecule has 0 spiro atoms. The van der Waals surface area contributed by atoms with E-state index in [1.54, 1.807) is 20.3 Å². The third-order valence-corrected chi connectivity index (χ3v) is 3.94. The minimum absolute atomic E-state index is 0.0233. The number of hydrogen-bond donors (Lipinski definition) is 1. The van der Waals surface area contributed by atoms with Crippen LogP contribution in [0, 0.1) is 0 Å². The molecule has 0 fully saturated rings. The topological polar surface area (TPSA) is 57.2 Å². The Morgan fingerprint density at radius 3 is 1.87 bits per heavy atom. The molecule has 3 rings (SSSR count). The van der Waals surface area contributed by atoms with E-state index in [2.05, 4.69) is 0 Å². The summed E-state index contributed by atoms with van der Waals surface area (Å²) < 4.78 is 21.4. The molecule has 5 heteroatoms. The third kappa shape index (κ3) is 2.25. The monoisotopic (exact) mass is 314 g/mol. The lowest BCUT2D eigenvalue weighted by Crippen LogP contribution is -1.93. The summed E-state index contributed by atoms with van der Waals surface area (Å²) in [5, 5.41) is 13.9. The molecule has 0 aliphatic carbocycles. The lowest BCUT2D eigenvalue weighted by atomic mass is 9.99. The maximum Gasteiger partial charge on any atom is 0.201 e. The summed E-state index contributed by atoms with van der Waals surface area (Å²) in [6, 6.07) is 9.49. The van der Waals surface area contributed by atoms with Gasteiger partial charge in [0.1, 0.15) is 0 Å². The fourth-order valence-corrected chi connectivity index (χ4v) is 2.84. The maximum absolute atomic E-state index is 10.4. The second-order valence-corrected chi connectivity index (χ2v) is 5.05. The standard InChI is InChI=1S/C18H18O5/c1-20-13-7-10-5-6-11-8-15(22-3)17(19)18(23-4)16(11)12(10)9-14(13)21-2/h5-9,19H,1-4H3. The molecule has 1 N–H and O–H groups in total. The van der Waals surface area contributed by atoms with Gasteiger partial charge in [0.2, 0.25) is 5.75 Å². The van der Waals surface area contributed by atoms with Crippen molar-refractivity contribution in [2.75, 3.05) is 28.4 Å². The van der Waals surface area contributed by atoms with Crippen LogP contribution in [0.4, 0.5) is 0 Å². The summed E-state index contributed by atoms with van der Waals surface area (Å²) in [5.74, 6) is 1.98. The van der Waals surface area contributed by atoms with Crippen LogP contribution in [0.25, 0.3) is 21.5 Å². The van der Waals surface area contributed by atoms with Gasteiger partial charge < -0.3 is 24.1 Å². The second kappa shape index (κ2) is 5.76. The van der Waals surface area contributed by atoms with Gasteiger partial charge in [-0.15, -0.1) is 0 Å². The van der Waals surface area contributed by atoms with Gasteiger partial charge in [0.15, 0.2) is 23.0 Å². The first-order valence-electron chi connectivity index (χ1n) is 7.07. The molecule has 23 heavy (non-hydrogen) atoms. The summed E-state index contributed by atoms with van der Waals surface area (Å²) in [6.45, 7) is 0. The van der Waals surface area contributed by atoms with Crippen molar-refractivity contribution in [3.8, 4) is 28.7 Å². The summed E-state index contributed by atoms with van der Waals surface area (Å²) >= 11 is 0. The van der Waals surface area contributed by atoms with Crippen molar-refractivity contribution in [1.29, 1.82) is 0 Å². The molecule has 0 saturated heterocycles. The number of phenolic OH excluding ortho intramolecular Hbond substituents is 1. The fourth-order valence-electron chi connectivity index (χ4n) is 2.84. The van der Waals surface area contributed by atoms with Crippen LogP contribution in [0.3, 0.4) is 0 Å². The molecule has 0 radical (unpaired) electrons. The SMILES string of the molecule is COc1cc2ccc3cc(OC)c(O)c(OC)c3c2cc1OC. The van der Waals surface area contributed by atoms with Gasteiger partial charge in [-0.2, -0.15) is 0 Å². The van der Waals surface area contributed by atoms with Crippen molar-refractivity contribution >= 4 is 21.5 Å². The molecule has 0 bridgehead atoms. The molecule has 5 nitrogen and oxygen atoms in total. The van der Waals surface area contributed by atoms with E-state index in [1.807, 2.05) is 24.3 Å². The fraction of sp³-hybridized carbons (Fsp3) is 0.222. The first kappa shape index (κ1) is 15.1. The van der Waals surface area contributed by atoms with Crippen LogP contribution in [0.5, 0.6) is 28.7 Å². The Balaban J connectivity index is 2.48. The van der Waals surface area contributed by atoms with Crippen LogP contribution in [0.1, 0.15) is 0 Å². The number of fused-ring (bicyclic) bond motifs is 3. The predicted octanol–water partition coefficient (Wildman–Crippen LogP) is 3.73. The molecule has 0 aliphatic rings. The van der Waals surface area contributed by atoms with Gasteiger partial charge in [0, 0.05) is 5.39 Å². The van der Waals surface area contributed by atoms with E-state index in [1.165, 1.54) is 14.2 Å². The van der Waals surface area contributed by atoms with Crippen LogP contribution >= 0.6 is 0 Å². The Labute approximate surface area is 134 Å². The number of ether oxygens (including phenoxy) is 4. The highest BCUT2D eigenvalue weighted by Gasteiger charge is 2.17. The predicted molar refractivity (Wildman–Crippen MR) is 89.3 cm³/mol. The highest BCUT2D eigenvalue weighted by Crippen LogP contribution is 2.46. The highest BCUT2D eigenvalue weighted by molar-refractivity contribution is 6.13. The number of hydrogen-bond acceptors (Lipinski definition) is 5. The number of benzene rings is 3. The van der Waals surface area contributed by atoms with E-state index in [0.717, 1.165) is 21.5 Å². The highest BCUT2D eigenvalue weighted by atomic mass is 16.5. The van der Waals surface area contributed by atoms with Gasteiger partial charge in [-0.3, -0.25) is 0 Å². The van der Waals surface area contributed by atoms with Crippen molar-refractivity contribution < 1.29 is 24.1 Å². The Morgan fingerprint density at radius 1 is 0.696 bits per heavy atom. The maximum atomic E-state index is 10.4. The van der Waals surface area contributed by atoms with Gasteiger partial charge in [0.25, 0.3) is 0 Å². The lowest BCUT2D eigenvalue weighted by molar-refractivity contribution is 0.343. The van der Waals surface area contributed by atoms with E-state index in [4.69, 9.17) is 18.9 Å². The molecule has 0 aliphatic heterocycles. The van der Waals surface area contributed by atoms with E-state index in [-0.39, 0.29) is 5.75 Å². The molecule has 120 valence electrons. The molecule has 3 aromatic carbocycles. The van der Waals surface area contributed by atoms with Gasteiger partial charge >= 0.3 is 0 Å². The summed E-state index contributed by atoms with van der Waals surface area (Å²) in [5.41, 5.74) is 0. The van der Waals surface area contributed by atoms with Crippen molar-refractivity contribution in [2.24, 2.45) is 0 Å². The molecule has 0 atom stereocenters. The molecule has 0 saturated carbocycles. The van der Waals surface area contributed by atoms with Gasteiger partial charge in [-0.25, -0.2) is 0 Å². The van der Waals surface area contributed by atoms with Gasteiger partial charge in [0.05, 0.1) is 28.4 Å². The van der Waals surface area contributed by atoms with Gasteiger partial charge in [-0.05, 0) is 34.4 Å². The van der Waals surface area contributed by atoms with E-state index in [9.17, 15) is 5.11 Å². The molecule has 3 aromatic rings. The Morgan fingerprint density at radius 2 is 1.26 bits per heavy atom. The third-order valence-electron chi connectivity index (χ3n) is 3.94.